The summed E-state index contributed by atoms with van der Waals surface area (Å²) in [5, 5.41) is 14.7. The van der Waals surface area contributed by atoms with Crippen molar-refractivity contribution in [3.05, 3.63) is 200 Å². The predicted octanol–water partition coefficient (Wildman–Crippen LogP) is 13.4. The van der Waals surface area contributed by atoms with Crippen molar-refractivity contribution in [3.63, 3.8) is 0 Å². The molecule has 4 heteroatoms. The highest BCUT2D eigenvalue weighted by Gasteiger charge is 2.46. The molecule has 60 heavy (non-hydrogen) atoms. The maximum atomic E-state index is 9.75. The van der Waals surface area contributed by atoms with E-state index >= 15 is 0 Å². The minimum absolute atomic E-state index is 0.0776. The van der Waals surface area contributed by atoms with E-state index in [-0.39, 0.29) is 24.2 Å². The first-order valence-corrected chi connectivity index (χ1v) is 20.5. The van der Waals surface area contributed by atoms with Gasteiger partial charge in [-0.3, -0.25) is 0 Å². The van der Waals surface area contributed by atoms with Gasteiger partial charge in [-0.25, -0.2) is 0 Å². The van der Waals surface area contributed by atoms with E-state index in [1.54, 1.807) is 0 Å². The SMILES string of the molecule is [2H]c1c([2H])c([2H])c2c(c1[2H])B1c3oc4ccccc4c3N(c3cccc4c5ccccc5c5ccccc5c34)c3cccc(c31)N2c1ccc2c3ccccc3c3ccccc3c2c1. The summed E-state index contributed by atoms with van der Waals surface area (Å²) in [4.78, 5) is 4.43. The number of para-hydroxylation sites is 2. The molecule has 11 aromatic carbocycles. The summed E-state index contributed by atoms with van der Waals surface area (Å²) in [5.74, 6) is 0. The van der Waals surface area contributed by atoms with Crippen LogP contribution in [-0.2, 0) is 0 Å². The first kappa shape index (κ1) is 28.6. The third-order valence-electron chi connectivity index (χ3n) is 13.1. The third-order valence-corrected chi connectivity index (χ3v) is 13.1. The van der Waals surface area contributed by atoms with Crippen molar-refractivity contribution in [3.8, 4) is 0 Å². The Morgan fingerprint density at radius 3 is 1.55 bits per heavy atom. The van der Waals surface area contributed by atoms with Gasteiger partial charge in [0.25, 0.3) is 6.71 Å². The smallest absolute Gasteiger partial charge is 0.297 e. The normalized spacial score (nSPS) is 14.2. The fourth-order valence-electron chi connectivity index (χ4n) is 10.7. The lowest BCUT2D eigenvalue weighted by molar-refractivity contribution is 0.651. The second kappa shape index (κ2) is 11.9. The minimum atomic E-state index is -0.643. The zero-order chi connectivity index (χ0) is 42.5. The molecule has 3 heterocycles. The second-order valence-corrected chi connectivity index (χ2v) is 16.0. The van der Waals surface area contributed by atoms with Gasteiger partial charge in [-0.15, -0.1) is 0 Å². The van der Waals surface area contributed by atoms with Crippen LogP contribution in [0.5, 0.6) is 0 Å². The Balaban J connectivity index is 1.13. The van der Waals surface area contributed by atoms with Crippen LogP contribution in [0.2, 0.25) is 0 Å². The van der Waals surface area contributed by atoms with Gasteiger partial charge in [0.1, 0.15) is 5.58 Å². The summed E-state index contributed by atoms with van der Waals surface area (Å²) in [6.07, 6.45) is 0. The van der Waals surface area contributed by atoms with Gasteiger partial charge in [-0.05, 0) is 119 Å². The fraction of sp³-hybridized carbons (Fsp3) is 0. The van der Waals surface area contributed by atoms with E-state index in [9.17, 15) is 2.74 Å². The molecule has 12 aromatic rings. The average Bonchev–Trinajstić information content (AvgIpc) is 3.74. The largest absolute Gasteiger partial charge is 0.468 e. The lowest BCUT2D eigenvalue weighted by atomic mass is 9.35. The van der Waals surface area contributed by atoms with E-state index < -0.39 is 6.71 Å². The Bertz CT molecular complexity index is 3990. The highest BCUT2D eigenvalue weighted by Crippen LogP contribution is 2.50. The number of hydrogen-bond acceptors (Lipinski definition) is 3. The molecule has 0 unspecified atom stereocenters. The molecule has 0 aliphatic carbocycles. The molecule has 0 bridgehead atoms. The Hall–Kier alpha value is -7.82. The lowest BCUT2D eigenvalue weighted by Gasteiger charge is -2.42. The summed E-state index contributed by atoms with van der Waals surface area (Å²) < 4.78 is 44.7. The number of anilines is 6. The maximum Gasteiger partial charge on any atom is 0.297 e. The third kappa shape index (κ3) is 4.14. The molecule has 0 spiro atoms. The molecule has 1 aromatic heterocycles. The Kier molecular flexibility index (Phi) is 5.65. The Labute approximate surface area is 351 Å². The summed E-state index contributed by atoms with van der Waals surface area (Å²) in [6, 6.07) is 61.0. The number of rotatable bonds is 2. The van der Waals surface area contributed by atoms with Crippen molar-refractivity contribution in [2.45, 2.75) is 0 Å². The van der Waals surface area contributed by atoms with Gasteiger partial charge < -0.3 is 14.2 Å². The Morgan fingerprint density at radius 2 is 0.883 bits per heavy atom. The number of hydrogen-bond donors (Lipinski definition) is 0. The average molecular weight is 765 g/mol. The highest BCUT2D eigenvalue weighted by atomic mass is 16.3. The Morgan fingerprint density at radius 1 is 0.400 bits per heavy atom. The molecule has 2 aliphatic rings. The lowest BCUT2D eigenvalue weighted by Crippen LogP contribution is -2.60. The molecule has 14 rings (SSSR count). The van der Waals surface area contributed by atoms with Gasteiger partial charge in [0, 0.05) is 33.5 Å². The zero-order valence-corrected chi connectivity index (χ0v) is 32.1. The summed E-state index contributed by atoms with van der Waals surface area (Å²) in [6.45, 7) is -0.643. The van der Waals surface area contributed by atoms with Crippen molar-refractivity contribution >= 4 is 133 Å². The van der Waals surface area contributed by atoms with E-state index in [0.29, 0.717) is 22.4 Å². The summed E-state index contributed by atoms with van der Waals surface area (Å²) in [7, 11) is 0. The number of fused-ring (bicyclic) bond motifs is 18. The molecule has 2 aliphatic heterocycles. The molecule has 0 saturated heterocycles. The molecule has 3 nitrogen and oxygen atoms in total. The maximum absolute atomic E-state index is 9.75. The molecule has 276 valence electrons. The van der Waals surface area contributed by atoms with E-state index in [2.05, 4.69) is 168 Å². The van der Waals surface area contributed by atoms with Gasteiger partial charge in [0.15, 0.2) is 0 Å². The molecular weight excluding hydrogens is 727 g/mol. The molecule has 0 radical (unpaired) electrons. The topological polar surface area (TPSA) is 19.6 Å². The number of benzene rings is 11. The standard InChI is InChI=1S/C56H33BN2O/c1-2-17-37-35(15-1)36-16-4-6-21-41(36)46-33-34(31-32-42(37)46)58-48-26-11-10-25-47(48)57-54-50(58)28-14-29-51(54)59(55-45-23-9-12-30-52(45)60-56(55)57)49-27-13-24-44-40-19-5-3-18-38(40)39-20-7-8-22-43(39)53(44)49/h1-33H/i10D,11D,25D,26D. The van der Waals surface area contributed by atoms with Crippen LogP contribution in [0.15, 0.2) is 205 Å². The molecular formula is C56H33BN2O. The van der Waals surface area contributed by atoms with Crippen LogP contribution in [0, 0.1) is 0 Å². The van der Waals surface area contributed by atoms with Crippen LogP contribution in [-0.4, -0.2) is 6.71 Å². The van der Waals surface area contributed by atoms with Crippen LogP contribution >= 0.6 is 0 Å². The van der Waals surface area contributed by atoms with Gasteiger partial charge in [-0.2, -0.15) is 0 Å². The summed E-state index contributed by atoms with van der Waals surface area (Å²) in [5.41, 5.74) is 7.60. The van der Waals surface area contributed by atoms with Crippen LogP contribution < -0.4 is 26.4 Å². The zero-order valence-electron chi connectivity index (χ0n) is 36.1. The number of furan rings is 1. The first-order chi connectivity index (χ1) is 31.5. The van der Waals surface area contributed by atoms with Crippen LogP contribution in [0.25, 0.3) is 75.6 Å². The van der Waals surface area contributed by atoms with Crippen LogP contribution in [0.3, 0.4) is 0 Å². The minimum Gasteiger partial charge on any atom is -0.468 e. The van der Waals surface area contributed by atoms with Crippen LogP contribution in [0.1, 0.15) is 5.48 Å². The van der Waals surface area contributed by atoms with E-state index in [1.165, 1.54) is 21.5 Å². The highest BCUT2D eigenvalue weighted by molar-refractivity contribution is 7.00. The molecule has 0 N–H and O–H groups in total. The van der Waals surface area contributed by atoms with Gasteiger partial charge >= 0.3 is 0 Å². The molecule has 0 fully saturated rings. The first-order valence-electron chi connectivity index (χ1n) is 22.5. The predicted molar refractivity (Wildman–Crippen MR) is 255 cm³/mol. The van der Waals surface area contributed by atoms with Crippen molar-refractivity contribution in [1.82, 2.24) is 0 Å². The number of nitrogens with zero attached hydrogens (tertiary/aromatic N) is 2. The van der Waals surface area contributed by atoms with Gasteiger partial charge in [0.2, 0.25) is 0 Å². The van der Waals surface area contributed by atoms with Crippen LogP contribution in [0.4, 0.5) is 34.1 Å². The molecule has 0 amide bonds. The van der Waals surface area contributed by atoms with E-state index in [4.69, 9.17) is 7.16 Å². The van der Waals surface area contributed by atoms with Crippen molar-refractivity contribution in [2.24, 2.45) is 0 Å². The van der Waals surface area contributed by atoms with E-state index in [1.807, 2.05) is 18.2 Å². The second-order valence-electron chi connectivity index (χ2n) is 16.0. The molecule has 0 saturated carbocycles. The van der Waals surface area contributed by atoms with Gasteiger partial charge in [-0.1, -0.05) is 152 Å². The monoisotopic (exact) mass is 764 g/mol. The van der Waals surface area contributed by atoms with Crippen molar-refractivity contribution in [2.75, 3.05) is 9.80 Å². The fourth-order valence-corrected chi connectivity index (χ4v) is 10.7. The van der Waals surface area contributed by atoms with Crippen molar-refractivity contribution < 1.29 is 9.90 Å². The summed E-state index contributed by atoms with van der Waals surface area (Å²) >= 11 is 0. The van der Waals surface area contributed by atoms with E-state index in [0.717, 1.165) is 82.4 Å². The van der Waals surface area contributed by atoms with Crippen molar-refractivity contribution in [1.29, 1.82) is 0 Å². The van der Waals surface area contributed by atoms with Gasteiger partial charge in [0.05, 0.1) is 22.5 Å². The quantitative estimate of drug-likeness (QED) is 0.129. The molecule has 0 atom stereocenters.